The standard InChI is InChI=1S/C22H25N3O3/c1-16(15-26)14-24-22(27)20(13-23)11-17-2-3-19-12-21(5-4-18(19)10-17)25-6-8-28-9-7-25/h2-5,10-12,16,26H,6-9,14-15H2,1H3,(H,24,27). The fraction of sp³-hybridized carbons (Fsp3) is 0.364. The minimum absolute atomic E-state index is 0.0109. The number of nitrogens with zero attached hydrogens (tertiary/aromatic N) is 2. The molecule has 0 radical (unpaired) electrons. The number of amides is 1. The first kappa shape index (κ1) is 19.9. The minimum Gasteiger partial charge on any atom is -0.396 e. The van der Waals surface area contributed by atoms with E-state index in [9.17, 15) is 10.1 Å². The number of morpholine rings is 1. The smallest absolute Gasteiger partial charge is 0.261 e. The van der Waals surface area contributed by atoms with Crippen molar-refractivity contribution in [2.45, 2.75) is 6.92 Å². The molecule has 1 heterocycles. The molecular formula is C22H25N3O3. The summed E-state index contributed by atoms with van der Waals surface area (Å²) in [5.41, 5.74) is 2.03. The van der Waals surface area contributed by atoms with E-state index in [0.29, 0.717) is 6.54 Å². The van der Waals surface area contributed by atoms with Crippen molar-refractivity contribution in [3.63, 3.8) is 0 Å². The second-order valence-corrected chi connectivity index (χ2v) is 7.06. The largest absolute Gasteiger partial charge is 0.396 e. The van der Waals surface area contributed by atoms with Gasteiger partial charge < -0.3 is 20.1 Å². The van der Waals surface area contributed by atoms with Crippen LogP contribution in [-0.4, -0.2) is 50.5 Å². The molecule has 6 nitrogen and oxygen atoms in total. The molecular weight excluding hydrogens is 354 g/mol. The summed E-state index contributed by atoms with van der Waals surface area (Å²) in [5.74, 6) is -0.476. The third-order valence-electron chi connectivity index (χ3n) is 4.82. The Morgan fingerprint density at radius 3 is 2.71 bits per heavy atom. The number of nitriles is 1. The molecule has 3 rings (SSSR count). The van der Waals surface area contributed by atoms with Gasteiger partial charge in [0.25, 0.3) is 5.91 Å². The first-order valence-electron chi connectivity index (χ1n) is 9.48. The molecule has 1 aliphatic heterocycles. The van der Waals surface area contributed by atoms with Crippen molar-refractivity contribution in [2.24, 2.45) is 5.92 Å². The highest BCUT2D eigenvalue weighted by Crippen LogP contribution is 2.24. The summed E-state index contributed by atoms with van der Waals surface area (Å²) in [7, 11) is 0. The molecule has 0 aromatic heterocycles. The first-order valence-corrected chi connectivity index (χ1v) is 9.48. The predicted molar refractivity (Wildman–Crippen MR) is 110 cm³/mol. The Bertz CT molecular complexity index is 911. The topological polar surface area (TPSA) is 85.6 Å². The molecule has 0 saturated carbocycles. The van der Waals surface area contributed by atoms with Crippen LogP contribution in [0.3, 0.4) is 0 Å². The van der Waals surface area contributed by atoms with Crippen LogP contribution in [0.2, 0.25) is 0 Å². The van der Waals surface area contributed by atoms with Crippen molar-refractivity contribution in [1.29, 1.82) is 5.26 Å². The second-order valence-electron chi connectivity index (χ2n) is 7.06. The van der Waals surface area contributed by atoms with Gasteiger partial charge in [-0.2, -0.15) is 5.26 Å². The lowest BCUT2D eigenvalue weighted by molar-refractivity contribution is -0.117. The minimum atomic E-state index is -0.425. The molecule has 0 spiro atoms. The molecule has 2 aromatic rings. The molecule has 1 atom stereocenters. The van der Waals surface area contributed by atoms with Gasteiger partial charge in [-0.05, 0) is 46.5 Å². The molecule has 1 fully saturated rings. The van der Waals surface area contributed by atoms with Crippen LogP contribution in [0.25, 0.3) is 16.8 Å². The molecule has 28 heavy (non-hydrogen) atoms. The van der Waals surface area contributed by atoms with Crippen LogP contribution < -0.4 is 10.2 Å². The number of rotatable bonds is 6. The molecule has 1 unspecified atom stereocenters. The summed E-state index contributed by atoms with van der Waals surface area (Å²) in [6, 6.07) is 14.2. The van der Waals surface area contributed by atoms with Crippen LogP contribution >= 0.6 is 0 Å². The number of aliphatic hydroxyl groups excluding tert-OH is 1. The average molecular weight is 379 g/mol. The van der Waals surface area contributed by atoms with Crippen LogP contribution in [0.5, 0.6) is 0 Å². The third-order valence-corrected chi connectivity index (χ3v) is 4.82. The SMILES string of the molecule is CC(CO)CNC(=O)C(C#N)=Cc1ccc2cc(N3CCOCC3)ccc2c1. The van der Waals surface area contributed by atoms with Crippen molar-refractivity contribution in [1.82, 2.24) is 5.32 Å². The maximum absolute atomic E-state index is 12.2. The number of anilines is 1. The number of fused-ring (bicyclic) bond motifs is 1. The van der Waals surface area contributed by atoms with Crippen LogP contribution in [-0.2, 0) is 9.53 Å². The Kier molecular flexibility index (Phi) is 6.64. The normalized spacial score (nSPS) is 15.9. The summed E-state index contributed by atoms with van der Waals surface area (Å²) in [6.45, 7) is 5.42. The Morgan fingerprint density at radius 2 is 2.00 bits per heavy atom. The van der Waals surface area contributed by atoms with E-state index >= 15 is 0 Å². The van der Waals surface area contributed by atoms with E-state index in [1.165, 1.54) is 5.69 Å². The molecule has 2 N–H and O–H groups in total. The van der Waals surface area contributed by atoms with Crippen molar-refractivity contribution in [3.8, 4) is 6.07 Å². The summed E-state index contributed by atoms with van der Waals surface area (Å²) in [6.07, 6.45) is 1.59. The Morgan fingerprint density at radius 1 is 1.29 bits per heavy atom. The van der Waals surface area contributed by atoms with Crippen molar-refractivity contribution < 1.29 is 14.6 Å². The zero-order chi connectivity index (χ0) is 19.9. The van der Waals surface area contributed by atoms with Crippen LogP contribution in [0.1, 0.15) is 12.5 Å². The van der Waals surface area contributed by atoms with E-state index in [4.69, 9.17) is 9.84 Å². The summed E-state index contributed by atoms with van der Waals surface area (Å²) < 4.78 is 5.41. The quantitative estimate of drug-likeness (QED) is 0.594. The second kappa shape index (κ2) is 9.36. The van der Waals surface area contributed by atoms with E-state index in [0.717, 1.165) is 42.6 Å². The molecule has 146 valence electrons. The Balaban J connectivity index is 1.78. The van der Waals surface area contributed by atoms with Gasteiger partial charge in [0.1, 0.15) is 11.6 Å². The molecule has 6 heteroatoms. The lowest BCUT2D eigenvalue weighted by Crippen LogP contribution is -2.36. The number of carbonyl (C=O) groups is 1. The van der Waals surface area contributed by atoms with Gasteiger partial charge in [-0.3, -0.25) is 4.79 Å². The lowest BCUT2D eigenvalue weighted by Gasteiger charge is -2.29. The number of hydrogen-bond donors (Lipinski definition) is 2. The zero-order valence-corrected chi connectivity index (χ0v) is 16.0. The van der Waals surface area contributed by atoms with Crippen molar-refractivity contribution in [2.75, 3.05) is 44.4 Å². The lowest BCUT2D eigenvalue weighted by atomic mass is 10.0. The summed E-state index contributed by atoms with van der Waals surface area (Å²) >= 11 is 0. The van der Waals surface area contributed by atoms with Gasteiger partial charge >= 0.3 is 0 Å². The Labute approximate surface area is 165 Å². The average Bonchev–Trinajstić information content (AvgIpc) is 2.75. The highest BCUT2D eigenvalue weighted by Gasteiger charge is 2.12. The number of aliphatic hydroxyl groups is 1. The van der Waals surface area contributed by atoms with Crippen LogP contribution in [0.15, 0.2) is 42.0 Å². The highest BCUT2D eigenvalue weighted by molar-refractivity contribution is 6.02. The molecule has 2 aromatic carbocycles. The molecule has 1 saturated heterocycles. The first-order chi connectivity index (χ1) is 13.6. The van der Waals surface area contributed by atoms with Crippen LogP contribution in [0, 0.1) is 17.2 Å². The van der Waals surface area contributed by atoms with Gasteiger partial charge in [-0.1, -0.05) is 25.1 Å². The van der Waals surface area contributed by atoms with Gasteiger partial charge in [-0.15, -0.1) is 0 Å². The number of benzene rings is 2. The maximum Gasteiger partial charge on any atom is 0.261 e. The maximum atomic E-state index is 12.2. The van der Waals surface area contributed by atoms with E-state index in [2.05, 4.69) is 28.4 Å². The monoisotopic (exact) mass is 379 g/mol. The number of hydrogen-bond acceptors (Lipinski definition) is 5. The molecule has 0 aliphatic carbocycles. The van der Waals surface area contributed by atoms with Crippen molar-refractivity contribution in [3.05, 3.63) is 47.5 Å². The summed E-state index contributed by atoms with van der Waals surface area (Å²) in [4.78, 5) is 14.5. The molecule has 0 bridgehead atoms. The third kappa shape index (κ3) is 4.89. The fourth-order valence-corrected chi connectivity index (χ4v) is 3.10. The predicted octanol–water partition coefficient (Wildman–Crippen LogP) is 2.33. The van der Waals surface area contributed by atoms with Gasteiger partial charge in [0.2, 0.25) is 0 Å². The van der Waals surface area contributed by atoms with Gasteiger partial charge in [0.15, 0.2) is 0 Å². The summed E-state index contributed by atoms with van der Waals surface area (Å²) in [5, 5.41) is 23.2. The number of ether oxygens (including phenoxy) is 1. The van der Waals surface area contributed by atoms with Gasteiger partial charge in [0.05, 0.1) is 13.2 Å². The molecule has 1 amide bonds. The van der Waals surface area contributed by atoms with E-state index in [1.54, 1.807) is 6.08 Å². The Hall–Kier alpha value is -2.88. The van der Waals surface area contributed by atoms with Crippen molar-refractivity contribution >= 4 is 28.4 Å². The number of nitrogens with one attached hydrogen (secondary N) is 1. The molecule has 1 aliphatic rings. The highest BCUT2D eigenvalue weighted by atomic mass is 16.5. The van der Waals surface area contributed by atoms with E-state index in [1.807, 2.05) is 31.2 Å². The van der Waals surface area contributed by atoms with Gasteiger partial charge in [0, 0.05) is 31.9 Å². The van der Waals surface area contributed by atoms with Crippen LogP contribution in [0.4, 0.5) is 5.69 Å². The fourth-order valence-electron chi connectivity index (χ4n) is 3.10. The van der Waals surface area contributed by atoms with Gasteiger partial charge in [-0.25, -0.2) is 0 Å². The number of carbonyl (C=O) groups excluding carboxylic acids is 1. The zero-order valence-electron chi connectivity index (χ0n) is 16.0. The van der Waals surface area contributed by atoms with E-state index in [-0.39, 0.29) is 18.1 Å². The van der Waals surface area contributed by atoms with E-state index < -0.39 is 5.91 Å².